The zero-order chi connectivity index (χ0) is 14.1. The topological polar surface area (TPSA) is 59.1 Å². The van der Waals surface area contributed by atoms with Crippen molar-refractivity contribution in [3.63, 3.8) is 0 Å². The minimum Gasteiger partial charge on any atom is -0.506 e. The SMILES string of the molecule is CCCc1ccc2sc(-c3ccc(O)c(N)c3)nc2c1. The Labute approximate surface area is 121 Å². The highest BCUT2D eigenvalue weighted by molar-refractivity contribution is 7.21. The lowest BCUT2D eigenvalue weighted by molar-refractivity contribution is 0.478. The van der Waals surface area contributed by atoms with Crippen molar-refractivity contribution in [2.75, 3.05) is 5.73 Å². The van der Waals surface area contributed by atoms with Crippen molar-refractivity contribution in [3.05, 3.63) is 42.0 Å². The molecule has 0 aliphatic rings. The fourth-order valence-electron chi connectivity index (χ4n) is 2.23. The molecule has 1 heterocycles. The van der Waals surface area contributed by atoms with Crippen LogP contribution in [-0.2, 0) is 6.42 Å². The van der Waals surface area contributed by atoms with Gasteiger partial charge in [-0.05, 0) is 42.3 Å². The molecule has 0 radical (unpaired) electrons. The third-order valence-corrected chi connectivity index (χ3v) is 4.35. The van der Waals surface area contributed by atoms with Gasteiger partial charge in [0.05, 0.1) is 15.9 Å². The van der Waals surface area contributed by atoms with Gasteiger partial charge < -0.3 is 10.8 Å². The van der Waals surface area contributed by atoms with Crippen LogP contribution in [0.25, 0.3) is 20.8 Å². The van der Waals surface area contributed by atoms with Crippen molar-refractivity contribution in [2.24, 2.45) is 0 Å². The van der Waals surface area contributed by atoms with Crippen LogP contribution in [0.5, 0.6) is 5.75 Å². The molecule has 0 aliphatic carbocycles. The number of aryl methyl sites for hydroxylation is 1. The molecule has 0 unspecified atom stereocenters. The number of aromatic nitrogens is 1. The molecule has 1 aromatic heterocycles. The summed E-state index contributed by atoms with van der Waals surface area (Å²) >= 11 is 1.64. The van der Waals surface area contributed by atoms with Crippen molar-refractivity contribution < 1.29 is 5.11 Å². The number of fused-ring (bicyclic) bond motifs is 1. The lowest BCUT2D eigenvalue weighted by atomic mass is 10.1. The highest BCUT2D eigenvalue weighted by Gasteiger charge is 2.08. The van der Waals surface area contributed by atoms with Gasteiger partial charge in [0.25, 0.3) is 0 Å². The van der Waals surface area contributed by atoms with E-state index in [1.165, 1.54) is 10.3 Å². The molecule has 0 amide bonds. The summed E-state index contributed by atoms with van der Waals surface area (Å²) in [5.41, 5.74) is 9.42. The number of rotatable bonds is 3. The molecule has 3 rings (SSSR count). The maximum atomic E-state index is 9.48. The van der Waals surface area contributed by atoms with E-state index in [0.717, 1.165) is 28.9 Å². The summed E-state index contributed by atoms with van der Waals surface area (Å²) in [4.78, 5) is 4.68. The average molecular weight is 284 g/mol. The Morgan fingerprint density at radius 2 is 2.05 bits per heavy atom. The largest absolute Gasteiger partial charge is 0.506 e. The Kier molecular flexibility index (Phi) is 3.32. The van der Waals surface area contributed by atoms with Crippen LogP contribution >= 0.6 is 11.3 Å². The van der Waals surface area contributed by atoms with E-state index >= 15 is 0 Å². The number of phenols is 1. The van der Waals surface area contributed by atoms with E-state index in [-0.39, 0.29) is 5.75 Å². The second kappa shape index (κ2) is 5.13. The van der Waals surface area contributed by atoms with Crippen LogP contribution < -0.4 is 5.73 Å². The summed E-state index contributed by atoms with van der Waals surface area (Å²) < 4.78 is 1.17. The predicted molar refractivity (Wildman–Crippen MR) is 85.1 cm³/mol. The number of nitrogen functional groups attached to an aromatic ring is 1. The van der Waals surface area contributed by atoms with Gasteiger partial charge in [0.1, 0.15) is 10.8 Å². The fraction of sp³-hybridized carbons (Fsp3) is 0.188. The van der Waals surface area contributed by atoms with Gasteiger partial charge >= 0.3 is 0 Å². The van der Waals surface area contributed by atoms with Crippen LogP contribution in [0.15, 0.2) is 36.4 Å². The first kappa shape index (κ1) is 12.9. The molecule has 0 saturated heterocycles. The number of phenolic OH excluding ortho intramolecular Hbond substituents is 1. The number of nitrogens with zero attached hydrogens (tertiary/aromatic N) is 1. The van der Waals surface area contributed by atoms with E-state index in [9.17, 15) is 5.11 Å². The van der Waals surface area contributed by atoms with Gasteiger partial charge in [0, 0.05) is 5.56 Å². The highest BCUT2D eigenvalue weighted by atomic mass is 32.1. The van der Waals surface area contributed by atoms with E-state index in [2.05, 4.69) is 30.1 Å². The smallest absolute Gasteiger partial charge is 0.138 e. The van der Waals surface area contributed by atoms with Crippen molar-refractivity contribution in [1.82, 2.24) is 4.98 Å². The second-order valence-electron chi connectivity index (χ2n) is 4.84. The van der Waals surface area contributed by atoms with E-state index in [4.69, 9.17) is 5.73 Å². The van der Waals surface area contributed by atoms with E-state index < -0.39 is 0 Å². The standard InChI is InChI=1S/C16H16N2OS/c1-2-3-10-4-7-15-13(8-10)18-16(20-15)11-5-6-14(19)12(17)9-11/h4-9,19H,2-3,17H2,1H3. The molecule has 0 fully saturated rings. The molecular formula is C16H16N2OS. The van der Waals surface area contributed by atoms with Crippen LogP contribution in [0.1, 0.15) is 18.9 Å². The van der Waals surface area contributed by atoms with Gasteiger partial charge in [0.2, 0.25) is 0 Å². The molecule has 2 aromatic carbocycles. The molecular weight excluding hydrogens is 268 g/mol. The summed E-state index contributed by atoms with van der Waals surface area (Å²) in [6.07, 6.45) is 2.21. The van der Waals surface area contributed by atoms with E-state index in [0.29, 0.717) is 5.69 Å². The Hall–Kier alpha value is -2.07. The maximum absolute atomic E-state index is 9.48. The summed E-state index contributed by atoms with van der Waals surface area (Å²) in [5.74, 6) is 0.111. The molecule has 3 N–H and O–H groups in total. The zero-order valence-corrected chi connectivity index (χ0v) is 12.1. The van der Waals surface area contributed by atoms with Crippen molar-refractivity contribution >= 4 is 27.2 Å². The quantitative estimate of drug-likeness (QED) is 0.559. The van der Waals surface area contributed by atoms with Crippen LogP contribution in [-0.4, -0.2) is 10.1 Å². The van der Waals surface area contributed by atoms with E-state index in [1.54, 1.807) is 23.5 Å². The normalized spacial score (nSPS) is 11.1. The lowest BCUT2D eigenvalue weighted by Gasteiger charge is -2.00. The Bertz CT molecular complexity index is 764. The van der Waals surface area contributed by atoms with Gasteiger partial charge in [-0.2, -0.15) is 0 Å². The van der Waals surface area contributed by atoms with Crippen molar-refractivity contribution in [1.29, 1.82) is 0 Å². The number of aromatic hydroxyl groups is 1. The molecule has 3 aromatic rings. The van der Waals surface area contributed by atoms with Crippen LogP contribution in [0.4, 0.5) is 5.69 Å². The van der Waals surface area contributed by atoms with Crippen molar-refractivity contribution in [3.8, 4) is 16.3 Å². The molecule has 0 spiro atoms. The number of anilines is 1. The highest BCUT2D eigenvalue weighted by Crippen LogP contribution is 2.33. The van der Waals surface area contributed by atoms with Crippen LogP contribution in [0.2, 0.25) is 0 Å². The summed E-state index contributed by atoms with van der Waals surface area (Å²) in [5, 5.41) is 10.4. The average Bonchev–Trinajstić information content (AvgIpc) is 2.85. The number of hydrogen-bond donors (Lipinski definition) is 2. The monoisotopic (exact) mass is 284 g/mol. The molecule has 0 saturated carbocycles. The number of nitrogens with two attached hydrogens (primary N) is 1. The first-order valence-electron chi connectivity index (χ1n) is 6.65. The third-order valence-electron chi connectivity index (χ3n) is 3.27. The lowest BCUT2D eigenvalue weighted by Crippen LogP contribution is -1.86. The number of thiazole rings is 1. The van der Waals surface area contributed by atoms with Crippen LogP contribution in [0.3, 0.4) is 0 Å². The Morgan fingerprint density at radius 1 is 1.20 bits per heavy atom. The van der Waals surface area contributed by atoms with Crippen molar-refractivity contribution in [2.45, 2.75) is 19.8 Å². The first-order valence-corrected chi connectivity index (χ1v) is 7.47. The molecule has 20 heavy (non-hydrogen) atoms. The maximum Gasteiger partial charge on any atom is 0.138 e. The second-order valence-corrected chi connectivity index (χ2v) is 5.88. The predicted octanol–water partition coefficient (Wildman–Crippen LogP) is 4.20. The summed E-state index contributed by atoms with van der Waals surface area (Å²) in [7, 11) is 0. The Balaban J connectivity index is 2.05. The summed E-state index contributed by atoms with van der Waals surface area (Å²) in [6, 6.07) is 11.7. The summed E-state index contributed by atoms with van der Waals surface area (Å²) in [6.45, 7) is 2.18. The van der Waals surface area contributed by atoms with Gasteiger partial charge in [0.15, 0.2) is 0 Å². The third kappa shape index (κ3) is 2.34. The fourth-order valence-corrected chi connectivity index (χ4v) is 3.17. The minimum absolute atomic E-state index is 0.111. The molecule has 102 valence electrons. The Morgan fingerprint density at radius 3 is 2.80 bits per heavy atom. The molecule has 4 heteroatoms. The van der Waals surface area contributed by atoms with Gasteiger partial charge in [-0.25, -0.2) is 4.98 Å². The van der Waals surface area contributed by atoms with E-state index in [1.807, 2.05) is 6.07 Å². The van der Waals surface area contributed by atoms with Crippen LogP contribution in [0, 0.1) is 0 Å². The van der Waals surface area contributed by atoms with Gasteiger partial charge in [-0.3, -0.25) is 0 Å². The van der Waals surface area contributed by atoms with Gasteiger partial charge in [-0.1, -0.05) is 19.4 Å². The zero-order valence-electron chi connectivity index (χ0n) is 11.3. The molecule has 0 aliphatic heterocycles. The molecule has 3 nitrogen and oxygen atoms in total. The van der Waals surface area contributed by atoms with Gasteiger partial charge in [-0.15, -0.1) is 11.3 Å². The molecule has 0 bridgehead atoms. The molecule has 0 atom stereocenters. The minimum atomic E-state index is 0.111. The number of hydrogen-bond acceptors (Lipinski definition) is 4. The first-order chi connectivity index (χ1) is 9.67. The number of benzene rings is 2.